The maximum absolute atomic E-state index is 13.5. The third-order valence-corrected chi connectivity index (χ3v) is 6.47. The number of hydrogen-bond donors (Lipinski definition) is 6. The van der Waals surface area contributed by atoms with Crippen molar-refractivity contribution in [3.63, 3.8) is 0 Å². The molecule has 5 rings (SSSR count). The number of phenolic OH excluding ortho intramolecular Hbond substituents is 1. The van der Waals surface area contributed by atoms with E-state index in [0.717, 1.165) is 27.6 Å². The molecule has 10 heteroatoms. The Morgan fingerprint density at radius 1 is 1.05 bits per heavy atom. The van der Waals surface area contributed by atoms with Crippen LogP contribution in [-0.4, -0.2) is 50.9 Å². The van der Waals surface area contributed by atoms with E-state index in [9.17, 15) is 14.7 Å². The second kappa shape index (κ2) is 10.6. The first kappa shape index (κ1) is 24.1. The van der Waals surface area contributed by atoms with E-state index in [4.69, 9.17) is 5.73 Å². The molecule has 2 heterocycles. The zero-order valence-corrected chi connectivity index (χ0v) is 20.1. The third-order valence-electron chi connectivity index (χ3n) is 6.47. The van der Waals surface area contributed by atoms with Crippen LogP contribution in [0.15, 0.2) is 72.8 Å². The molecule has 0 saturated carbocycles. The normalized spacial score (nSPS) is 17.6. The van der Waals surface area contributed by atoms with Crippen LogP contribution in [0.4, 0.5) is 10.6 Å². The van der Waals surface area contributed by atoms with Crippen LogP contribution in [0.5, 0.6) is 5.75 Å². The number of nitrogens with zero attached hydrogens (tertiary/aromatic N) is 2. The van der Waals surface area contributed by atoms with Gasteiger partial charge in [-0.2, -0.15) is 5.10 Å². The van der Waals surface area contributed by atoms with Crippen molar-refractivity contribution in [3.8, 4) is 5.75 Å². The molecule has 0 radical (unpaired) electrons. The highest BCUT2D eigenvalue weighted by molar-refractivity contribution is 5.91. The molecule has 7 N–H and O–H groups in total. The number of carbonyl (C=O) groups excluding carboxylic acids is 2. The monoisotopic (exact) mass is 499 g/mol. The van der Waals surface area contributed by atoms with Crippen LogP contribution in [0, 0.1) is 0 Å². The molecule has 10 nitrogen and oxygen atoms in total. The number of aromatic nitrogens is 2. The zero-order chi connectivity index (χ0) is 25.8. The molecule has 1 fully saturated rings. The van der Waals surface area contributed by atoms with E-state index < -0.39 is 12.2 Å². The predicted octanol–water partition coefficient (Wildman–Crippen LogP) is 2.22. The first-order valence-electron chi connectivity index (χ1n) is 12.1. The number of rotatable bonds is 7. The van der Waals surface area contributed by atoms with Crippen LogP contribution in [0.3, 0.4) is 0 Å². The Hall–Kier alpha value is -4.57. The lowest BCUT2D eigenvalue weighted by molar-refractivity contribution is -0.137. The van der Waals surface area contributed by atoms with E-state index in [1.165, 1.54) is 0 Å². The first-order valence-corrected chi connectivity index (χ1v) is 12.1. The van der Waals surface area contributed by atoms with Gasteiger partial charge in [0.25, 0.3) is 0 Å². The third kappa shape index (κ3) is 5.65. The molecule has 3 amide bonds. The van der Waals surface area contributed by atoms with Gasteiger partial charge in [-0.25, -0.2) is 4.79 Å². The number of carbonyl (C=O) groups is 2. The summed E-state index contributed by atoms with van der Waals surface area (Å²) < 4.78 is 0. The number of nitrogens with one attached hydrogen (secondary N) is 4. The molecule has 0 aliphatic carbocycles. The highest BCUT2D eigenvalue weighted by Crippen LogP contribution is 2.24. The Kier molecular flexibility index (Phi) is 6.91. The number of hydrogen-bond acceptors (Lipinski definition) is 6. The minimum atomic E-state index is -0.566. The number of aromatic hydroxyl groups is 1. The van der Waals surface area contributed by atoms with Gasteiger partial charge in [0, 0.05) is 18.5 Å². The van der Waals surface area contributed by atoms with E-state index in [-0.39, 0.29) is 24.2 Å². The summed E-state index contributed by atoms with van der Waals surface area (Å²) in [6.07, 6.45) is -0.0673. The smallest absolute Gasteiger partial charge is 0.316 e. The number of amides is 3. The SMILES string of the molecule is Nc1n[nH]c2c(CN3C[C@H](NC(=O)NCc4ccccc4)N[C@@H](Cc4ccc(O)cc4)C3=O)cccc12. The molecule has 1 saturated heterocycles. The molecule has 4 aromatic rings. The van der Waals surface area contributed by atoms with Crippen LogP contribution in [-0.2, 0) is 24.3 Å². The number of phenols is 1. The molecule has 1 aliphatic rings. The number of H-pyrrole nitrogens is 1. The lowest BCUT2D eigenvalue weighted by atomic mass is 10.0. The van der Waals surface area contributed by atoms with Crippen molar-refractivity contribution >= 4 is 28.7 Å². The second-order valence-electron chi connectivity index (χ2n) is 9.12. The summed E-state index contributed by atoms with van der Waals surface area (Å²) in [4.78, 5) is 27.9. The molecular weight excluding hydrogens is 470 g/mol. The van der Waals surface area contributed by atoms with E-state index >= 15 is 0 Å². The summed E-state index contributed by atoms with van der Waals surface area (Å²) in [6, 6.07) is 21.2. The van der Waals surface area contributed by atoms with Gasteiger partial charge in [-0.05, 0) is 41.3 Å². The van der Waals surface area contributed by atoms with Crippen LogP contribution in [0.1, 0.15) is 16.7 Å². The molecule has 0 spiro atoms. The lowest BCUT2D eigenvalue weighted by Crippen LogP contribution is -2.66. The molecule has 190 valence electrons. The number of fused-ring (bicyclic) bond motifs is 1. The molecule has 0 bridgehead atoms. The number of urea groups is 1. The van der Waals surface area contributed by atoms with Gasteiger partial charge in [0.2, 0.25) is 5.91 Å². The lowest BCUT2D eigenvalue weighted by Gasteiger charge is -2.39. The summed E-state index contributed by atoms with van der Waals surface area (Å²) >= 11 is 0. The Bertz CT molecular complexity index is 1390. The number of aromatic amines is 1. The summed E-state index contributed by atoms with van der Waals surface area (Å²) in [6.45, 7) is 1.00. The molecule has 3 aromatic carbocycles. The summed E-state index contributed by atoms with van der Waals surface area (Å²) in [5.41, 5.74) is 9.51. The maximum Gasteiger partial charge on any atom is 0.316 e. The average Bonchev–Trinajstić information content (AvgIpc) is 3.29. The Morgan fingerprint density at radius 2 is 1.84 bits per heavy atom. The minimum absolute atomic E-state index is 0.0830. The molecule has 1 aliphatic heterocycles. The van der Waals surface area contributed by atoms with Crippen molar-refractivity contribution in [1.82, 2.24) is 31.0 Å². The van der Waals surface area contributed by atoms with Gasteiger partial charge < -0.3 is 26.4 Å². The van der Waals surface area contributed by atoms with E-state index in [0.29, 0.717) is 25.3 Å². The van der Waals surface area contributed by atoms with Gasteiger partial charge >= 0.3 is 6.03 Å². The topological polar surface area (TPSA) is 148 Å². The van der Waals surface area contributed by atoms with Crippen LogP contribution in [0.25, 0.3) is 10.9 Å². The molecule has 37 heavy (non-hydrogen) atoms. The minimum Gasteiger partial charge on any atom is -0.508 e. The number of piperazine rings is 1. The Balaban J connectivity index is 1.33. The van der Waals surface area contributed by atoms with Gasteiger partial charge in [0.15, 0.2) is 5.82 Å². The van der Waals surface area contributed by atoms with E-state index in [1.54, 1.807) is 29.2 Å². The number of para-hydroxylation sites is 1. The summed E-state index contributed by atoms with van der Waals surface area (Å²) in [5.74, 6) is 0.485. The standard InChI is InChI=1S/C27H29N7O3/c28-25-21-8-4-7-19(24(21)32-33-25)15-34-16-23(31-27(37)29-14-18-5-2-1-3-6-18)30-22(26(34)36)13-17-9-11-20(35)12-10-17/h1-12,22-23,30,35H,13-16H2,(H3,28,32,33)(H2,29,31,37)/t22-,23-/m0/s1. The van der Waals surface area contributed by atoms with Crippen LogP contribution in [0.2, 0.25) is 0 Å². The van der Waals surface area contributed by atoms with Gasteiger partial charge in [0.05, 0.1) is 24.3 Å². The van der Waals surface area contributed by atoms with Crippen molar-refractivity contribution in [3.05, 3.63) is 89.5 Å². The quantitative estimate of drug-likeness (QED) is 0.230. The fourth-order valence-corrected chi connectivity index (χ4v) is 4.59. The molecule has 2 atom stereocenters. The van der Waals surface area contributed by atoms with Crippen molar-refractivity contribution in [1.29, 1.82) is 0 Å². The number of nitrogen functional groups attached to an aromatic ring is 1. The van der Waals surface area contributed by atoms with Crippen LogP contribution < -0.4 is 21.7 Å². The van der Waals surface area contributed by atoms with Crippen molar-refractivity contribution in [2.24, 2.45) is 0 Å². The highest BCUT2D eigenvalue weighted by Gasteiger charge is 2.34. The van der Waals surface area contributed by atoms with Gasteiger partial charge in [-0.15, -0.1) is 0 Å². The van der Waals surface area contributed by atoms with E-state index in [2.05, 4.69) is 26.1 Å². The first-order chi connectivity index (χ1) is 18.0. The fraction of sp³-hybridized carbons (Fsp3) is 0.222. The van der Waals surface area contributed by atoms with Gasteiger partial charge in [-0.1, -0.05) is 54.6 Å². The molecule has 1 aromatic heterocycles. The maximum atomic E-state index is 13.5. The average molecular weight is 500 g/mol. The second-order valence-corrected chi connectivity index (χ2v) is 9.12. The Morgan fingerprint density at radius 3 is 2.62 bits per heavy atom. The number of benzene rings is 3. The van der Waals surface area contributed by atoms with Gasteiger partial charge in [0.1, 0.15) is 5.75 Å². The largest absolute Gasteiger partial charge is 0.508 e. The van der Waals surface area contributed by atoms with E-state index in [1.807, 2.05) is 48.5 Å². The molecular formula is C27H29N7O3. The predicted molar refractivity (Wildman–Crippen MR) is 140 cm³/mol. The fourth-order valence-electron chi connectivity index (χ4n) is 4.59. The summed E-state index contributed by atoms with van der Waals surface area (Å²) in [5, 5.41) is 26.6. The Labute approximate surface area is 213 Å². The van der Waals surface area contributed by atoms with Crippen molar-refractivity contribution in [2.75, 3.05) is 12.3 Å². The van der Waals surface area contributed by atoms with Crippen molar-refractivity contribution < 1.29 is 14.7 Å². The highest BCUT2D eigenvalue weighted by atomic mass is 16.3. The summed E-state index contributed by atoms with van der Waals surface area (Å²) in [7, 11) is 0. The number of anilines is 1. The molecule has 0 unspecified atom stereocenters. The zero-order valence-electron chi connectivity index (χ0n) is 20.1. The van der Waals surface area contributed by atoms with Gasteiger partial charge in [-0.3, -0.25) is 15.2 Å². The van der Waals surface area contributed by atoms with Crippen molar-refractivity contribution in [2.45, 2.75) is 31.7 Å². The number of nitrogens with two attached hydrogens (primary N) is 1. The van der Waals surface area contributed by atoms with Crippen LogP contribution >= 0.6 is 0 Å².